The standard InChI is InChI=1S/C19H27NO4S/c1-25(23,24)17-9-7-15(8-10-17)19(11-3-2-4-12-19)18(22)20-13-5-6-16(21)14-20/h7-10,16,21H,2-6,11-14H2,1H3/t16-/m1/s1. The van der Waals surface area contributed by atoms with Crippen molar-refractivity contribution in [2.24, 2.45) is 0 Å². The zero-order valence-corrected chi connectivity index (χ0v) is 15.6. The third-order valence-corrected chi connectivity index (χ3v) is 6.76. The lowest BCUT2D eigenvalue weighted by Crippen LogP contribution is -2.52. The minimum absolute atomic E-state index is 0.0954. The number of likely N-dealkylation sites (tertiary alicyclic amines) is 1. The molecule has 0 spiro atoms. The highest BCUT2D eigenvalue weighted by Crippen LogP contribution is 2.41. The molecule has 1 saturated heterocycles. The summed E-state index contributed by atoms with van der Waals surface area (Å²) in [6.07, 6.45) is 7.03. The van der Waals surface area contributed by atoms with Gasteiger partial charge in [0.25, 0.3) is 0 Å². The van der Waals surface area contributed by atoms with Crippen molar-refractivity contribution >= 4 is 15.7 Å². The highest BCUT2D eigenvalue weighted by molar-refractivity contribution is 7.90. The van der Waals surface area contributed by atoms with Crippen molar-refractivity contribution in [1.82, 2.24) is 4.90 Å². The fraction of sp³-hybridized carbons (Fsp3) is 0.632. The molecular formula is C19H27NO4S. The second kappa shape index (κ2) is 7.08. The first-order chi connectivity index (χ1) is 11.8. The van der Waals surface area contributed by atoms with Crippen LogP contribution in [0.15, 0.2) is 29.2 Å². The number of carbonyl (C=O) groups excluding carboxylic acids is 1. The van der Waals surface area contributed by atoms with Crippen molar-refractivity contribution in [3.05, 3.63) is 29.8 Å². The number of hydrogen-bond donors (Lipinski definition) is 1. The van der Waals surface area contributed by atoms with E-state index < -0.39 is 21.4 Å². The number of carbonyl (C=O) groups is 1. The molecule has 1 atom stereocenters. The molecule has 0 radical (unpaired) electrons. The van der Waals surface area contributed by atoms with Gasteiger partial charge in [0, 0.05) is 19.3 Å². The van der Waals surface area contributed by atoms with Crippen LogP contribution in [0.1, 0.15) is 50.5 Å². The Balaban J connectivity index is 1.94. The highest BCUT2D eigenvalue weighted by Gasteiger charge is 2.44. The summed E-state index contributed by atoms with van der Waals surface area (Å²) in [6, 6.07) is 6.83. The van der Waals surface area contributed by atoms with Gasteiger partial charge in [-0.05, 0) is 43.4 Å². The monoisotopic (exact) mass is 365 g/mol. The van der Waals surface area contributed by atoms with Crippen LogP contribution in [-0.4, -0.2) is 49.8 Å². The van der Waals surface area contributed by atoms with Crippen LogP contribution in [0.5, 0.6) is 0 Å². The van der Waals surface area contributed by atoms with E-state index in [0.29, 0.717) is 13.1 Å². The SMILES string of the molecule is CS(=O)(=O)c1ccc(C2(C(=O)N3CCC[C@@H](O)C3)CCCCC2)cc1. The van der Waals surface area contributed by atoms with E-state index in [-0.39, 0.29) is 10.8 Å². The maximum atomic E-state index is 13.4. The lowest BCUT2D eigenvalue weighted by Gasteiger charge is -2.42. The Hall–Kier alpha value is -1.40. The summed E-state index contributed by atoms with van der Waals surface area (Å²) in [6.45, 7) is 1.10. The van der Waals surface area contributed by atoms with E-state index in [9.17, 15) is 18.3 Å². The van der Waals surface area contributed by atoms with Crippen LogP contribution in [0, 0.1) is 0 Å². The number of nitrogens with zero attached hydrogens (tertiary/aromatic N) is 1. The normalized spacial score (nSPS) is 24.1. The van der Waals surface area contributed by atoms with Crippen LogP contribution in [0.2, 0.25) is 0 Å². The summed E-state index contributed by atoms with van der Waals surface area (Å²) >= 11 is 0. The van der Waals surface area contributed by atoms with Crippen molar-refractivity contribution < 1.29 is 18.3 Å². The topological polar surface area (TPSA) is 74.7 Å². The zero-order chi connectivity index (χ0) is 18.1. The summed E-state index contributed by atoms with van der Waals surface area (Å²) in [4.78, 5) is 15.5. The van der Waals surface area contributed by atoms with Gasteiger partial charge in [-0.15, -0.1) is 0 Å². The number of amides is 1. The summed E-state index contributed by atoms with van der Waals surface area (Å²) in [5, 5.41) is 9.95. The Morgan fingerprint density at radius 3 is 2.32 bits per heavy atom. The molecule has 1 aromatic rings. The molecule has 1 aliphatic carbocycles. The number of rotatable bonds is 3. The summed E-state index contributed by atoms with van der Waals surface area (Å²) < 4.78 is 23.4. The Morgan fingerprint density at radius 2 is 1.76 bits per heavy atom. The molecule has 138 valence electrons. The molecule has 1 aromatic carbocycles. The van der Waals surface area contributed by atoms with Gasteiger partial charge in [0.2, 0.25) is 5.91 Å². The van der Waals surface area contributed by atoms with Crippen molar-refractivity contribution in [3.8, 4) is 0 Å². The van der Waals surface area contributed by atoms with Gasteiger partial charge in [0.15, 0.2) is 9.84 Å². The number of aliphatic hydroxyl groups excluding tert-OH is 1. The molecular weight excluding hydrogens is 338 g/mol. The van der Waals surface area contributed by atoms with Gasteiger partial charge in [0.05, 0.1) is 16.4 Å². The molecule has 2 aliphatic rings. The lowest BCUT2D eigenvalue weighted by atomic mass is 9.68. The van der Waals surface area contributed by atoms with Crippen molar-refractivity contribution in [2.75, 3.05) is 19.3 Å². The molecule has 0 unspecified atom stereocenters. The van der Waals surface area contributed by atoms with Gasteiger partial charge in [-0.2, -0.15) is 0 Å². The molecule has 6 heteroatoms. The van der Waals surface area contributed by atoms with Crippen molar-refractivity contribution in [3.63, 3.8) is 0 Å². The van der Waals surface area contributed by atoms with Gasteiger partial charge >= 0.3 is 0 Å². The van der Waals surface area contributed by atoms with Crippen LogP contribution in [0.4, 0.5) is 0 Å². The molecule has 0 aromatic heterocycles. The van der Waals surface area contributed by atoms with Crippen molar-refractivity contribution in [1.29, 1.82) is 0 Å². The Bertz CT molecular complexity index is 720. The van der Waals surface area contributed by atoms with Crippen LogP contribution in [0.3, 0.4) is 0 Å². The largest absolute Gasteiger partial charge is 0.391 e. The maximum absolute atomic E-state index is 13.4. The van der Waals surface area contributed by atoms with Crippen LogP contribution in [-0.2, 0) is 20.0 Å². The molecule has 1 amide bonds. The maximum Gasteiger partial charge on any atom is 0.233 e. The van der Waals surface area contributed by atoms with E-state index >= 15 is 0 Å². The van der Waals surface area contributed by atoms with E-state index in [1.54, 1.807) is 24.3 Å². The Labute approximate surface area is 150 Å². The third-order valence-electron chi connectivity index (χ3n) is 5.64. The summed E-state index contributed by atoms with van der Waals surface area (Å²) in [5.41, 5.74) is 0.329. The van der Waals surface area contributed by atoms with E-state index in [1.165, 1.54) is 6.26 Å². The quantitative estimate of drug-likeness (QED) is 0.892. The molecule has 1 heterocycles. The van der Waals surface area contributed by atoms with Gasteiger partial charge in [0.1, 0.15) is 0 Å². The molecule has 1 saturated carbocycles. The average Bonchev–Trinajstić information content (AvgIpc) is 2.61. The second-order valence-electron chi connectivity index (χ2n) is 7.49. The average molecular weight is 365 g/mol. The van der Waals surface area contributed by atoms with E-state index in [0.717, 1.165) is 50.5 Å². The smallest absolute Gasteiger partial charge is 0.233 e. The predicted octanol–water partition coefficient (Wildman–Crippen LogP) is 2.28. The molecule has 3 rings (SSSR count). The zero-order valence-electron chi connectivity index (χ0n) is 14.8. The van der Waals surface area contributed by atoms with E-state index in [1.807, 2.05) is 4.90 Å². The van der Waals surface area contributed by atoms with Gasteiger partial charge in [-0.1, -0.05) is 31.4 Å². The first-order valence-corrected chi connectivity index (χ1v) is 11.0. The summed E-state index contributed by atoms with van der Waals surface area (Å²) in [7, 11) is -3.25. The number of hydrogen-bond acceptors (Lipinski definition) is 4. The van der Waals surface area contributed by atoms with Crippen LogP contribution in [0.25, 0.3) is 0 Å². The molecule has 1 N–H and O–H groups in total. The van der Waals surface area contributed by atoms with Crippen LogP contribution < -0.4 is 0 Å². The second-order valence-corrected chi connectivity index (χ2v) is 9.50. The third kappa shape index (κ3) is 3.75. The number of aliphatic hydroxyl groups is 1. The molecule has 5 nitrogen and oxygen atoms in total. The fourth-order valence-electron chi connectivity index (χ4n) is 4.24. The first kappa shape index (κ1) is 18.4. The Morgan fingerprint density at radius 1 is 1.12 bits per heavy atom. The minimum Gasteiger partial charge on any atom is -0.391 e. The summed E-state index contributed by atoms with van der Waals surface area (Å²) in [5.74, 6) is 0.0954. The highest BCUT2D eigenvalue weighted by atomic mass is 32.2. The predicted molar refractivity (Wildman–Crippen MR) is 96.1 cm³/mol. The number of benzene rings is 1. The molecule has 25 heavy (non-hydrogen) atoms. The van der Waals surface area contributed by atoms with Crippen LogP contribution >= 0.6 is 0 Å². The lowest BCUT2D eigenvalue weighted by molar-refractivity contribution is -0.142. The Kier molecular flexibility index (Phi) is 5.21. The minimum atomic E-state index is -3.25. The van der Waals surface area contributed by atoms with Gasteiger partial charge in [-0.3, -0.25) is 4.79 Å². The fourth-order valence-corrected chi connectivity index (χ4v) is 4.87. The first-order valence-electron chi connectivity index (χ1n) is 9.11. The number of piperidine rings is 1. The van der Waals surface area contributed by atoms with Crippen molar-refractivity contribution in [2.45, 2.75) is 61.4 Å². The van der Waals surface area contributed by atoms with Gasteiger partial charge in [-0.25, -0.2) is 8.42 Å². The molecule has 2 fully saturated rings. The van der Waals surface area contributed by atoms with E-state index in [2.05, 4.69) is 0 Å². The molecule has 0 bridgehead atoms. The number of β-amino-alcohol motifs (C(OH)–C–C–N with tert-alkyl or cyclic N) is 1. The van der Waals surface area contributed by atoms with Gasteiger partial charge < -0.3 is 10.0 Å². The van der Waals surface area contributed by atoms with E-state index in [4.69, 9.17) is 0 Å². The molecule has 1 aliphatic heterocycles. The number of sulfone groups is 1.